The molecule has 6 nitrogen and oxygen atoms in total. The van der Waals surface area contributed by atoms with Gasteiger partial charge >= 0.3 is 5.97 Å². The number of aliphatic carboxylic acids is 1. The topological polar surface area (TPSA) is 86.7 Å². The van der Waals surface area contributed by atoms with Crippen molar-refractivity contribution in [2.45, 2.75) is 38.6 Å². The second-order valence-electron chi connectivity index (χ2n) is 6.83. The zero-order valence-electron chi connectivity index (χ0n) is 14.8. The lowest BCUT2D eigenvalue weighted by molar-refractivity contribution is -0.150. The van der Waals surface area contributed by atoms with E-state index in [9.17, 15) is 19.5 Å². The molecule has 2 amide bonds. The predicted molar refractivity (Wildman–Crippen MR) is 94.0 cm³/mol. The number of carboxylic acid groups (broad SMARTS) is 1. The van der Waals surface area contributed by atoms with Gasteiger partial charge in [0.05, 0.1) is 0 Å². The van der Waals surface area contributed by atoms with Crippen molar-refractivity contribution in [1.29, 1.82) is 0 Å². The van der Waals surface area contributed by atoms with Crippen molar-refractivity contribution in [1.82, 2.24) is 10.2 Å². The maximum atomic E-state index is 12.4. The summed E-state index contributed by atoms with van der Waals surface area (Å²) in [7, 11) is 3.36. The number of carboxylic acids is 1. The molecule has 2 rings (SSSR count). The van der Waals surface area contributed by atoms with Crippen molar-refractivity contribution in [2.24, 2.45) is 11.8 Å². The Morgan fingerprint density at radius 1 is 1.20 bits per heavy atom. The van der Waals surface area contributed by atoms with Crippen LogP contribution in [0.15, 0.2) is 24.3 Å². The molecule has 0 radical (unpaired) electrons. The highest BCUT2D eigenvalue weighted by atomic mass is 16.4. The third-order valence-electron chi connectivity index (χ3n) is 4.72. The van der Waals surface area contributed by atoms with E-state index in [0.29, 0.717) is 5.56 Å². The van der Waals surface area contributed by atoms with Crippen molar-refractivity contribution < 1.29 is 19.5 Å². The van der Waals surface area contributed by atoms with E-state index in [2.05, 4.69) is 5.32 Å². The highest BCUT2D eigenvalue weighted by Crippen LogP contribution is 2.30. The quantitative estimate of drug-likeness (QED) is 0.774. The van der Waals surface area contributed by atoms with Crippen LogP contribution in [0.4, 0.5) is 0 Å². The van der Waals surface area contributed by atoms with Crippen LogP contribution in [-0.2, 0) is 16.1 Å². The van der Waals surface area contributed by atoms with Gasteiger partial charge in [-0.15, -0.1) is 0 Å². The van der Waals surface area contributed by atoms with Crippen LogP contribution in [0.2, 0.25) is 0 Å². The van der Waals surface area contributed by atoms with Crippen LogP contribution in [0.1, 0.15) is 48.0 Å². The molecule has 0 spiro atoms. The van der Waals surface area contributed by atoms with Crippen molar-refractivity contribution in [2.75, 3.05) is 14.1 Å². The molecule has 0 aromatic heterocycles. The maximum Gasteiger partial charge on any atom is 0.316 e. The molecule has 25 heavy (non-hydrogen) atoms. The molecule has 2 N–H and O–H groups in total. The third kappa shape index (κ3) is 5.05. The number of amides is 2. The van der Waals surface area contributed by atoms with Gasteiger partial charge in [-0.2, -0.15) is 0 Å². The summed E-state index contributed by atoms with van der Waals surface area (Å²) in [4.78, 5) is 37.5. The van der Waals surface area contributed by atoms with E-state index < -0.39 is 17.8 Å². The van der Waals surface area contributed by atoms with Gasteiger partial charge in [-0.05, 0) is 36.5 Å². The van der Waals surface area contributed by atoms with Crippen LogP contribution >= 0.6 is 0 Å². The number of nitrogens with zero attached hydrogens (tertiary/aromatic N) is 1. The first-order valence-electron chi connectivity index (χ1n) is 8.71. The van der Waals surface area contributed by atoms with Gasteiger partial charge in [-0.25, -0.2) is 0 Å². The number of carbonyl (C=O) groups excluding carboxylic acids is 2. The number of benzene rings is 1. The van der Waals surface area contributed by atoms with Crippen LogP contribution in [0.25, 0.3) is 0 Å². The lowest BCUT2D eigenvalue weighted by Gasteiger charge is -2.26. The third-order valence-corrected chi connectivity index (χ3v) is 4.72. The smallest absolute Gasteiger partial charge is 0.316 e. The molecule has 0 saturated heterocycles. The molecule has 1 aromatic carbocycles. The second-order valence-corrected chi connectivity index (χ2v) is 6.83. The van der Waals surface area contributed by atoms with Gasteiger partial charge in [0.1, 0.15) is 5.92 Å². The van der Waals surface area contributed by atoms with Crippen LogP contribution in [0.5, 0.6) is 0 Å². The highest BCUT2D eigenvalue weighted by Gasteiger charge is 2.35. The van der Waals surface area contributed by atoms with Crippen molar-refractivity contribution in [3.8, 4) is 0 Å². The molecule has 1 aliphatic carbocycles. The Balaban J connectivity index is 2.01. The zero-order valence-corrected chi connectivity index (χ0v) is 14.8. The summed E-state index contributed by atoms with van der Waals surface area (Å²) in [6.07, 6.45) is 4.65. The van der Waals surface area contributed by atoms with Crippen molar-refractivity contribution >= 4 is 17.8 Å². The molecule has 136 valence electrons. The normalized spacial score (nSPS) is 16.1. The molecule has 6 heteroatoms. The molecule has 0 bridgehead atoms. The van der Waals surface area contributed by atoms with E-state index in [4.69, 9.17) is 0 Å². The van der Waals surface area contributed by atoms with E-state index in [1.165, 1.54) is 4.90 Å². The SMILES string of the molecule is CN(C)C(=O)c1cccc(CNC(=O)C(C(=O)O)C2CCCCC2)c1. The predicted octanol–water partition coefficient (Wildman–Crippen LogP) is 2.29. The first kappa shape index (κ1) is 19.0. The molecule has 1 atom stereocenters. The number of rotatable bonds is 6. The number of carbonyl (C=O) groups is 3. The van der Waals surface area contributed by atoms with E-state index in [1.807, 2.05) is 6.07 Å². The highest BCUT2D eigenvalue weighted by molar-refractivity contribution is 5.97. The average molecular weight is 346 g/mol. The fourth-order valence-corrected chi connectivity index (χ4v) is 3.37. The Morgan fingerprint density at radius 2 is 1.88 bits per heavy atom. The van der Waals surface area contributed by atoms with Crippen LogP contribution in [0.3, 0.4) is 0 Å². The minimum atomic E-state index is -1.05. The number of nitrogens with one attached hydrogen (secondary N) is 1. The van der Waals surface area contributed by atoms with Crippen molar-refractivity contribution in [3.05, 3.63) is 35.4 Å². The van der Waals surface area contributed by atoms with E-state index >= 15 is 0 Å². The molecule has 0 heterocycles. The first-order chi connectivity index (χ1) is 11.9. The Bertz CT molecular complexity index is 636. The van der Waals surface area contributed by atoms with Crippen molar-refractivity contribution in [3.63, 3.8) is 0 Å². The molecule has 1 fully saturated rings. The summed E-state index contributed by atoms with van der Waals surface area (Å²) >= 11 is 0. The minimum absolute atomic E-state index is 0.0899. The monoisotopic (exact) mass is 346 g/mol. The summed E-state index contributed by atoms with van der Waals surface area (Å²) in [5, 5.41) is 12.2. The first-order valence-corrected chi connectivity index (χ1v) is 8.71. The molecule has 1 aromatic rings. The summed E-state index contributed by atoms with van der Waals surface area (Å²) in [5.74, 6) is -2.69. The number of hydrogen-bond acceptors (Lipinski definition) is 3. The van der Waals surface area contributed by atoms with Gasteiger partial charge in [0.25, 0.3) is 5.91 Å². The Labute approximate surface area is 148 Å². The molecular weight excluding hydrogens is 320 g/mol. The fraction of sp³-hybridized carbons (Fsp3) is 0.526. The molecule has 1 saturated carbocycles. The standard InChI is InChI=1S/C19H26N2O4/c1-21(2)18(23)15-10-6-7-13(11-15)12-20-17(22)16(19(24)25)14-8-4-3-5-9-14/h6-7,10-11,14,16H,3-5,8-9,12H2,1-2H3,(H,20,22)(H,24,25). The molecular formula is C19H26N2O4. The van der Waals surface area contributed by atoms with Crippen LogP contribution < -0.4 is 5.32 Å². The van der Waals surface area contributed by atoms with E-state index in [1.54, 1.807) is 32.3 Å². The molecule has 0 aliphatic heterocycles. The summed E-state index contributed by atoms with van der Waals surface area (Å²) in [5.41, 5.74) is 1.31. The average Bonchev–Trinajstić information content (AvgIpc) is 2.60. The zero-order chi connectivity index (χ0) is 18.4. The van der Waals surface area contributed by atoms with Gasteiger partial charge in [0.15, 0.2) is 0 Å². The van der Waals surface area contributed by atoms with E-state index in [-0.39, 0.29) is 18.4 Å². The minimum Gasteiger partial charge on any atom is -0.481 e. The Morgan fingerprint density at radius 3 is 2.48 bits per heavy atom. The maximum absolute atomic E-state index is 12.4. The Kier molecular flexibility index (Phi) is 6.56. The van der Waals surface area contributed by atoms with E-state index in [0.717, 1.165) is 37.7 Å². The molecule has 1 unspecified atom stereocenters. The number of hydrogen-bond donors (Lipinski definition) is 2. The lowest BCUT2D eigenvalue weighted by atomic mass is 9.79. The van der Waals surface area contributed by atoms with Crippen LogP contribution in [0, 0.1) is 11.8 Å². The van der Waals surface area contributed by atoms with Gasteiger partial charge in [-0.1, -0.05) is 31.4 Å². The lowest BCUT2D eigenvalue weighted by Crippen LogP contribution is -2.40. The molecule has 1 aliphatic rings. The van der Waals surface area contributed by atoms with Gasteiger partial charge < -0.3 is 15.3 Å². The summed E-state index contributed by atoms with van der Waals surface area (Å²) in [6, 6.07) is 7.01. The fourth-order valence-electron chi connectivity index (χ4n) is 3.37. The van der Waals surface area contributed by atoms with Gasteiger partial charge in [0.2, 0.25) is 5.91 Å². The largest absolute Gasteiger partial charge is 0.481 e. The van der Waals surface area contributed by atoms with Crippen LogP contribution in [-0.4, -0.2) is 41.9 Å². The summed E-state index contributed by atoms with van der Waals surface area (Å²) < 4.78 is 0. The van der Waals surface area contributed by atoms with Gasteiger partial charge in [-0.3, -0.25) is 14.4 Å². The Hall–Kier alpha value is -2.37. The summed E-state index contributed by atoms with van der Waals surface area (Å²) in [6.45, 7) is 0.212. The second kappa shape index (κ2) is 8.65. The van der Waals surface area contributed by atoms with Gasteiger partial charge in [0, 0.05) is 26.2 Å².